The van der Waals surface area contributed by atoms with Crippen molar-refractivity contribution in [1.82, 2.24) is 29.9 Å². The van der Waals surface area contributed by atoms with Crippen LogP contribution in [0, 0.1) is 11.3 Å². The molecule has 1 aliphatic heterocycles. The quantitative estimate of drug-likeness (QED) is 0.270. The van der Waals surface area contributed by atoms with Crippen LogP contribution in [0.3, 0.4) is 0 Å². The van der Waals surface area contributed by atoms with Crippen LogP contribution < -0.4 is 20.5 Å². The first-order valence-electron chi connectivity index (χ1n) is 13.1. The lowest BCUT2D eigenvalue weighted by molar-refractivity contribution is -0.138. The number of methoxy groups -OCH3 is 1. The highest BCUT2D eigenvalue weighted by molar-refractivity contribution is 5.50. The maximum Gasteiger partial charge on any atom is 0.423 e. The minimum atomic E-state index is -4.91. The molecule has 0 bridgehead atoms. The number of nitriles is 1. The third kappa shape index (κ3) is 6.89. The summed E-state index contributed by atoms with van der Waals surface area (Å²) in [6, 6.07) is 7.93. The second kappa shape index (κ2) is 12.4. The normalized spacial score (nSPS) is 14.2. The Morgan fingerprint density at radius 3 is 2.53 bits per heavy atom. The standard InChI is InChI=1S/C27H26F3N9O4/c1-16(14-42-15-22-36-37-24(43-22)19-12-38(13-19)26-32-8-18(7-31)9-33-26)35-21-10-34-39(25(40)23(21)27(28,29)30)11-17-3-5-20(41-2)6-4-17/h3-6,8-10,16,19,35H,11-15H2,1-2H3. The molecule has 1 aliphatic rings. The van der Waals surface area contributed by atoms with E-state index in [1.165, 1.54) is 19.5 Å². The summed E-state index contributed by atoms with van der Waals surface area (Å²) in [4.78, 5) is 23.0. The minimum Gasteiger partial charge on any atom is -0.497 e. The Labute approximate surface area is 242 Å². The van der Waals surface area contributed by atoms with E-state index >= 15 is 0 Å². The van der Waals surface area contributed by atoms with Crippen LogP contribution in [0.4, 0.5) is 24.8 Å². The van der Waals surface area contributed by atoms with Gasteiger partial charge in [-0.05, 0) is 24.6 Å². The first-order chi connectivity index (χ1) is 20.6. The number of nitrogens with one attached hydrogen (secondary N) is 1. The monoisotopic (exact) mass is 597 g/mol. The molecule has 224 valence electrons. The van der Waals surface area contributed by atoms with E-state index in [0.717, 1.165) is 10.9 Å². The van der Waals surface area contributed by atoms with Gasteiger partial charge in [0.15, 0.2) is 0 Å². The molecule has 16 heteroatoms. The zero-order chi connectivity index (χ0) is 30.6. The van der Waals surface area contributed by atoms with Gasteiger partial charge in [-0.1, -0.05) is 12.1 Å². The first kappa shape index (κ1) is 29.5. The molecule has 4 heterocycles. The lowest BCUT2D eigenvalue weighted by Gasteiger charge is -2.36. The molecule has 0 saturated carbocycles. The second-order valence-corrected chi connectivity index (χ2v) is 9.82. The third-order valence-electron chi connectivity index (χ3n) is 6.58. The number of nitrogens with zero attached hydrogens (tertiary/aromatic N) is 8. The molecule has 0 radical (unpaired) electrons. The van der Waals surface area contributed by atoms with Crippen LogP contribution in [0.2, 0.25) is 0 Å². The summed E-state index contributed by atoms with van der Waals surface area (Å²) >= 11 is 0. The molecule has 5 rings (SSSR count). The number of halogens is 3. The highest BCUT2D eigenvalue weighted by Gasteiger charge is 2.38. The fourth-order valence-electron chi connectivity index (χ4n) is 4.35. The Balaban J connectivity index is 1.14. The maximum atomic E-state index is 13.9. The lowest BCUT2D eigenvalue weighted by Crippen LogP contribution is -2.46. The van der Waals surface area contributed by atoms with E-state index in [4.69, 9.17) is 19.2 Å². The topological polar surface area (TPSA) is 157 Å². The van der Waals surface area contributed by atoms with Crippen molar-refractivity contribution in [1.29, 1.82) is 5.26 Å². The molecule has 1 atom stereocenters. The van der Waals surface area contributed by atoms with Crippen LogP contribution in [0.1, 0.15) is 41.3 Å². The molecule has 43 heavy (non-hydrogen) atoms. The van der Waals surface area contributed by atoms with Crippen molar-refractivity contribution in [2.24, 2.45) is 0 Å². The van der Waals surface area contributed by atoms with Gasteiger partial charge in [-0.15, -0.1) is 10.2 Å². The number of hydrogen-bond donors (Lipinski definition) is 1. The van der Waals surface area contributed by atoms with E-state index < -0.39 is 29.0 Å². The summed E-state index contributed by atoms with van der Waals surface area (Å²) in [6.45, 7) is 2.52. The van der Waals surface area contributed by atoms with E-state index in [-0.39, 0.29) is 31.6 Å². The van der Waals surface area contributed by atoms with Crippen molar-refractivity contribution in [3.8, 4) is 11.8 Å². The Hall–Kier alpha value is -5.04. The zero-order valence-corrected chi connectivity index (χ0v) is 23.1. The van der Waals surface area contributed by atoms with Gasteiger partial charge in [-0.3, -0.25) is 4.79 Å². The summed E-state index contributed by atoms with van der Waals surface area (Å²) in [6.07, 6.45) is -1.02. The van der Waals surface area contributed by atoms with E-state index in [0.29, 0.717) is 41.8 Å². The summed E-state index contributed by atoms with van der Waals surface area (Å²) in [5.41, 5.74) is -2.09. The van der Waals surface area contributed by atoms with Gasteiger partial charge in [-0.2, -0.15) is 23.5 Å². The smallest absolute Gasteiger partial charge is 0.423 e. The molecular weight excluding hydrogens is 571 g/mol. The summed E-state index contributed by atoms with van der Waals surface area (Å²) in [5, 5.41) is 23.5. The van der Waals surface area contributed by atoms with Gasteiger partial charge >= 0.3 is 6.18 Å². The fraction of sp³-hybridized carbons (Fsp3) is 0.370. The number of aromatic nitrogens is 6. The van der Waals surface area contributed by atoms with E-state index in [1.54, 1.807) is 31.2 Å². The average Bonchev–Trinajstić information content (AvgIpc) is 3.42. The number of rotatable bonds is 11. The SMILES string of the molecule is COc1ccc(Cn2ncc(NC(C)COCc3nnc(C4CN(c5ncc(C#N)cn5)C4)o3)c(C(F)(F)F)c2=O)cc1. The van der Waals surface area contributed by atoms with Gasteiger partial charge in [0.25, 0.3) is 5.56 Å². The van der Waals surface area contributed by atoms with Crippen LogP contribution in [0.15, 0.2) is 52.1 Å². The number of hydrogen-bond acceptors (Lipinski definition) is 12. The molecule has 1 unspecified atom stereocenters. The Kier molecular flexibility index (Phi) is 8.53. The average molecular weight is 598 g/mol. The van der Waals surface area contributed by atoms with Crippen molar-refractivity contribution in [3.63, 3.8) is 0 Å². The largest absolute Gasteiger partial charge is 0.497 e. The summed E-state index contributed by atoms with van der Waals surface area (Å²) in [7, 11) is 1.50. The molecule has 3 aromatic heterocycles. The van der Waals surface area contributed by atoms with Gasteiger partial charge in [0, 0.05) is 19.1 Å². The van der Waals surface area contributed by atoms with Crippen molar-refractivity contribution >= 4 is 11.6 Å². The molecule has 13 nitrogen and oxygen atoms in total. The van der Waals surface area contributed by atoms with Crippen LogP contribution >= 0.6 is 0 Å². The third-order valence-corrected chi connectivity index (χ3v) is 6.58. The van der Waals surface area contributed by atoms with E-state index in [2.05, 4.69) is 30.6 Å². The van der Waals surface area contributed by atoms with Crippen LogP contribution in [0.5, 0.6) is 5.75 Å². The Morgan fingerprint density at radius 1 is 1.16 bits per heavy atom. The first-order valence-corrected chi connectivity index (χ1v) is 13.1. The molecule has 1 saturated heterocycles. The van der Waals surface area contributed by atoms with Crippen LogP contribution in [-0.4, -0.2) is 62.8 Å². The predicted octanol–water partition coefficient (Wildman–Crippen LogP) is 2.98. The number of benzene rings is 1. The van der Waals surface area contributed by atoms with Crippen LogP contribution in [-0.2, 0) is 24.1 Å². The summed E-state index contributed by atoms with van der Waals surface area (Å²) < 4.78 is 58.9. The molecule has 1 N–H and O–H groups in total. The zero-order valence-electron chi connectivity index (χ0n) is 23.1. The number of ether oxygens (including phenoxy) is 2. The highest BCUT2D eigenvalue weighted by atomic mass is 19.4. The molecule has 0 amide bonds. The number of alkyl halides is 3. The number of anilines is 2. The predicted molar refractivity (Wildman–Crippen MR) is 144 cm³/mol. The van der Waals surface area contributed by atoms with Crippen molar-refractivity contribution in [2.45, 2.75) is 38.2 Å². The molecule has 1 aromatic carbocycles. The second-order valence-electron chi connectivity index (χ2n) is 9.82. The maximum absolute atomic E-state index is 13.9. The molecule has 0 aliphatic carbocycles. The molecule has 1 fully saturated rings. The van der Waals surface area contributed by atoms with Gasteiger partial charge < -0.3 is 24.1 Å². The highest BCUT2D eigenvalue weighted by Crippen LogP contribution is 2.32. The Bertz CT molecular complexity index is 1640. The van der Waals surface area contributed by atoms with Crippen molar-refractivity contribution in [2.75, 3.05) is 37.0 Å². The van der Waals surface area contributed by atoms with Gasteiger partial charge in [0.2, 0.25) is 17.7 Å². The van der Waals surface area contributed by atoms with Crippen LogP contribution in [0.25, 0.3) is 0 Å². The van der Waals surface area contributed by atoms with Crippen molar-refractivity contribution in [3.05, 3.63) is 81.7 Å². The van der Waals surface area contributed by atoms with Crippen molar-refractivity contribution < 1.29 is 27.1 Å². The molecule has 4 aromatic rings. The van der Waals surface area contributed by atoms with Gasteiger partial charge in [-0.25, -0.2) is 14.6 Å². The van der Waals surface area contributed by atoms with Gasteiger partial charge in [0.05, 0.1) is 56.0 Å². The van der Waals surface area contributed by atoms with Gasteiger partial charge in [0.1, 0.15) is 24.0 Å². The summed E-state index contributed by atoms with van der Waals surface area (Å²) in [5.74, 6) is 1.69. The lowest BCUT2D eigenvalue weighted by atomic mass is 10.0. The van der Waals surface area contributed by atoms with E-state index in [9.17, 15) is 18.0 Å². The van der Waals surface area contributed by atoms with E-state index in [1.807, 2.05) is 11.0 Å². The fourth-order valence-corrected chi connectivity index (χ4v) is 4.35. The molecule has 0 spiro atoms. The Morgan fingerprint density at radius 2 is 1.88 bits per heavy atom. The minimum absolute atomic E-state index is 0.0167. The molecular formula is C27H26F3N9O4.